The maximum atomic E-state index is 13.2. The molecule has 2 aromatic rings. The molecule has 2 fully saturated rings. The van der Waals surface area contributed by atoms with Crippen LogP contribution in [0.1, 0.15) is 41.4 Å². The quantitative estimate of drug-likeness (QED) is 0.798. The molecular weight excluding hydrogens is 350 g/mol. The topological polar surface area (TPSA) is 39.9 Å². The van der Waals surface area contributed by atoms with Crippen molar-refractivity contribution in [3.8, 4) is 0 Å². The van der Waals surface area contributed by atoms with Crippen LogP contribution in [-0.4, -0.2) is 54.5 Å². The Kier molecular flexibility index (Phi) is 4.63. The third kappa shape index (κ3) is 3.44. The lowest BCUT2D eigenvalue weighted by atomic mass is 10.1. The number of hydrogen-bond acceptors (Lipinski definition) is 4. The third-order valence-electron chi connectivity index (χ3n) is 6.51. The molecule has 1 aliphatic carbocycles. The Morgan fingerprint density at radius 1 is 1.11 bits per heavy atom. The number of para-hydroxylation sites is 1. The number of carbonyl (C=O) groups is 1. The molecule has 3 aliphatic rings. The fourth-order valence-electron chi connectivity index (χ4n) is 4.65. The van der Waals surface area contributed by atoms with Crippen molar-refractivity contribution in [3.63, 3.8) is 0 Å². The van der Waals surface area contributed by atoms with Gasteiger partial charge < -0.3 is 14.2 Å². The normalized spacial score (nSPS) is 22.5. The predicted molar refractivity (Wildman–Crippen MR) is 110 cm³/mol. The van der Waals surface area contributed by atoms with Crippen LogP contribution in [0.4, 0.5) is 5.69 Å². The van der Waals surface area contributed by atoms with Gasteiger partial charge in [-0.05, 0) is 49.8 Å². The number of anilines is 1. The van der Waals surface area contributed by atoms with Gasteiger partial charge in [0, 0.05) is 44.5 Å². The minimum absolute atomic E-state index is 0.120. The zero-order valence-electron chi connectivity index (χ0n) is 16.6. The molecule has 5 nitrogen and oxygen atoms in total. The fourth-order valence-corrected chi connectivity index (χ4v) is 4.65. The van der Waals surface area contributed by atoms with E-state index < -0.39 is 0 Å². The molecule has 148 valence electrons. The SMILES string of the molecule is CC1Cc2ccccc2N1Cc1occc1C(=O)N1CCN(CC2CC2)CC1. The summed E-state index contributed by atoms with van der Waals surface area (Å²) in [4.78, 5) is 20.0. The zero-order valence-corrected chi connectivity index (χ0v) is 16.6. The van der Waals surface area contributed by atoms with E-state index in [4.69, 9.17) is 4.42 Å². The number of nitrogens with zero attached hydrogens (tertiary/aromatic N) is 3. The van der Waals surface area contributed by atoms with Crippen molar-refractivity contribution in [2.75, 3.05) is 37.6 Å². The van der Waals surface area contributed by atoms with E-state index in [9.17, 15) is 4.79 Å². The summed E-state index contributed by atoms with van der Waals surface area (Å²) in [5.41, 5.74) is 3.37. The van der Waals surface area contributed by atoms with E-state index in [1.165, 1.54) is 30.6 Å². The molecule has 1 unspecified atom stereocenters. The van der Waals surface area contributed by atoms with Gasteiger partial charge in [-0.2, -0.15) is 0 Å². The van der Waals surface area contributed by atoms with Crippen molar-refractivity contribution in [3.05, 3.63) is 53.5 Å². The van der Waals surface area contributed by atoms with E-state index >= 15 is 0 Å². The lowest BCUT2D eigenvalue weighted by Gasteiger charge is -2.35. The van der Waals surface area contributed by atoms with Gasteiger partial charge in [0.15, 0.2) is 0 Å². The van der Waals surface area contributed by atoms with Crippen LogP contribution in [0.15, 0.2) is 41.0 Å². The first-order valence-electron chi connectivity index (χ1n) is 10.6. The van der Waals surface area contributed by atoms with Crippen molar-refractivity contribution < 1.29 is 9.21 Å². The van der Waals surface area contributed by atoms with E-state index in [1.54, 1.807) is 6.26 Å². The second kappa shape index (κ2) is 7.28. The Morgan fingerprint density at radius 3 is 2.68 bits per heavy atom. The number of benzene rings is 1. The van der Waals surface area contributed by atoms with Gasteiger partial charge in [-0.15, -0.1) is 0 Å². The van der Waals surface area contributed by atoms with Crippen molar-refractivity contribution in [1.82, 2.24) is 9.80 Å². The van der Waals surface area contributed by atoms with Crippen LogP contribution in [-0.2, 0) is 13.0 Å². The van der Waals surface area contributed by atoms with Gasteiger partial charge in [-0.1, -0.05) is 18.2 Å². The smallest absolute Gasteiger partial charge is 0.257 e. The first kappa shape index (κ1) is 17.8. The number of amides is 1. The summed E-state index contributed by atoms with van der Waals surface area (Å²) in [5, 5.41) is 0. The van der Waals surface area contributed by atoms with Crippen molar-refractivity contribution >= 4 is 11.6 Å². The molecule has 1 amide bonds. The predicted octanol–water partition coefficient (Wildman–Crippen LogP) is 3.40. The molecule has 2 aliphatic heterocycles. The molecule has 1 aromatic heterocycles. The van der Waals surface area contributed by atoms with E-state index in [1.807, 2.05) is 11.0 Å². The number of carbonyl (C=O) groups excluding carboxylic acids is 1. The molecular formula is C23H29N3O2. The van der Waals surface area contributed by atoms with Crippen LogP contribution in [0.3, 0.4) is 0 Å². The van der Waals surface area contributed by atoms with Gasteiger partial charge in [0.1, 0.15) is 5.76 Å². The highest BCUT2D eigenvalue weighted by Crippen LogP contribution is 2.34. The molecule has 1 atom stereocenters. The molecule has 0 bridgehead atoms. The summed E-state index contributed by atoms with van der Waals surface area (Å²) in [5.74, 6) is 1.82. The number of piperazine rings is 1. The van der Waals surface area contributed by atoms with E-state index in [0.29, 0.717) is 12.6 Å². The average Bonchev–Trinajstić information content (AvgIpc) is 3.31. The van der Waals surface area contributed by atoms with E-state index in [0.717, 1.165) is 49.8 Å². The van der Waals surface area contributed by atoms with Crippen LogP contribution in [0.5, 0.6) is 0 Å². The summed E-state index contributed by atoms with van der Waals surface area (Å²) >= 11 is 0. The average molecular weight is 380 g/mol. The highest BCUT2D eigenvalue weighted by molar-refractivity contribution is 5.95. The molecule has 5 rings (SSSR count). The zero-order chi connectivity index (χ0) is 19.1. The summed E-state index contributed by atoms with van der Waals surface area (Å²) in [7, 11) is 0. The number of fused-ring (bicyclic) bond motifs is 1. The standard InChI is InChI=1S/C23H29N3O2/c1-17-14-19-4-2-3-5-21(19)26(17)16-22-20(8-13-28-22)23(27)25-11-9-24(10-12-25)15-18-6-7-18/h2-5,8,13,17-18H,6-7,9-12,14-16H2,1H3. The van der Waals surface area contributed by atoms with E-state index in [-0.39, 0.29) is 5.91 Å². The molecule has 1 saturated carbocycles. The minimum atomic E-state index is 0.120. The third-order valence-corrected chi connectivity index (χ3v) is 6.51. The largest absolute Gasteiger partial charge is 0.467 e. The van der Waals surface area contributed by atoms with Gasteiger partial charge in [0.2, 0.25) is 0 Å². The lowest BCUT2D eigenvalue weighted by molar-refractivity contribution is 0.0629. The van der Waals surface area contributed by atoms with Crippen LogP contribution in [0.25, 0.3) is 0 Å². The first-order valence-corrected chi connectivity index (χ1v) is 10.6. The lowest BCUT2D eigenvalue weighted by Crippen LogP contribution is -2.49. The Bertz CT molecular complexity index is 849. The maximum Gasteiger partial charge on any atom is 0.257 e. The molecule has 5 heteroatoms. The number of furan rings is 1. The van der Waals surface area contributed by atoms with Crippen LogP contribution in [0, 0.1) is 5.92 Å². The summed E-state index contributed by atoms with van der Waals surface area (Å²) in [6.45, 7) is 7.72. The number of rotatable bonds is 5. The van der Waals surface area contributed by atoms with Gasteiger partial charge in [-0.3, -0.25) is 9.69 Å². The fraction of sp³-hybridized carbons (Fsp3) is 0.522. The molecule has 0 N–H and O–H groups in total. The number of hydrogen-bond donors (Lipinski definition) is 0. The van der Waals surface area contributed by atoms with Crippen LogP contribution in [0.2, 0.25) is 0 Å². The minimum Gasteiger partial charge on any atom is -0.467 e. The summed E-state index contributed by atoms with van der Waals surface area (Å²) in [6.07, 6.45) is 5.48. The Hall–Kier alpha value is -2.27. The molecule has 28 heavy (non-hydrogen) atoms. The van der Waals surface area contributed by atoms with Crippen LogP contribution >= 0.6 is 0 Å². The van der Waals surface area contributed by atoms with E-state index in [2.05, 4.69) is 41.0 Å². The van der Waals surface area contributed by atoms with Gasteiger partial charge in [-0.25, -0.2) is 0 Å². The highest BCUT2D eigenvalue weighted by atomic mass is 16.3. The van der Waals surface area contributed by atoms with Crippen LogP contribution < -0.4 is 4.90 Å². The van der Waals surface area contributed by atoms with Crippen molar-refractivity contribution in [2.45, 2.75) is 38.8 Å². The Morgan fingerprint density at radius 2 is 1.89 bits per heavy atom. The molecule has 1 saturated heterocycles. The molecule has 1 aromatic carbocycles. The first-order chi connectivity index (χ1) is 13.7. The van der Waals surface area contributed by atoms with Gasteiger partial charge >= 0.3 is 0 Å². The monoisotopic (exact) mass is 379 g/mol. The van der Waals surface area contributed by atoms with Gasteiger partial charge in [0.05, 0.1) is 18.4 Å². The van der Waals surface area contributed by atoms with Crippen molar-refractivity contribution in [2.24, 2.45) is 5.92 Å². The summed E-state index contributed by atoms with van der Waals surface area (Å²) < 4.78 is 5.78. The molecule has 3 heterocycles. The Labute approximate surface area is 166 Å². The second-order valence-electron chi connectivity index (χ2n) is 8.60. The summed E-state index contributed by atoms with van der Waals surface area (Å²) in [6, 6.07) is 10.8. The van der Waals surface area contributed by atoms with Gasteiger partial charge in [0.25, 0.3) is 5.91 Å². The molecule has 0 radical (unpaired) electrons. The highest BCUT2D eigenvalue weighted by Gasteiger charge is 2.31. The second-order valence-corrected chi connectivity index (χ2v) is 8.60. The maximum absolute atomic E-state index is 13.2. The van der Waals surface area contributed by atoms with Crippen molar-refractivity contribution in [1.29, 1.82) is 0 Å². The Balaban J connectivity index is 1.26. The molecule has 0 spiro atoms.